The Morgan fingerprint density at radius 3 is 2.77 bits per heavy atom. The van der Waals surface area contributed by atoms with Gasteiger partial charge in [-0.3, -0.25) is 0 Å². The third-order valence-corrected chi connectivity index (χ3v) is 3.07. The molecule has 0 spiro atoms. The van der Waals surface area contributed by atoms with Gasteiger partial charge in [-0.05, 0) is 18.2 Å². The van der Waals surface area contributed by atoms with Crippen LogP contribution in [0.25, 0.3) is 10.1 Å². The lowest BCUT2D eigenvalue weighted by atomic mass is 10.2. The summed E-state index contributed by atoms with van der Waals surface area (Å²) >= 11 is 1.69. The number of nitrogens with zero attached hydrogens (tertiary/aromatic N) is 1. The Bertz CT molecular complexity index is 431. The van der Waals surface area contributed by atoms with Gasteiger partial charge in [-0.1, -0.05) is 0 Å². The zero-order valence-electron chi connectivity index (χ0n) is 7.74. The van der Waals surface area contributed by atoms with Crippen LogP contribution >= 0.6 is 11.3 Å². The molecule has 0 saturated heterocycles. The SMILES string of the molecule is CN(C)c1ccc2c(N)csc2c1. The van der Waals surface area contributed by atoms with Crippen LogP contribution in [0.5, 0.6) is 0 Å². The number of hydrogen-bond acceptors (Lipinski definition) is 3. The fraction of sp³-hybridized carbons (Fsp3) is 0.200. The van der Waals surface area contributed by atoms with Gasteiger partial charge in [0.2, 0.25) is 0 Å². The highest BCUT2D eigenvalue weighted by Gasteiger charge is 2.02. The third-order valence-electron chi connectivity index (χ3n) is 2.11. The Morgan fingerprint density at radius 2 is 2.08 bits per heavy atom. The minimum Gasteiger partial charge on any atom is -0.398 e. The van der Waals surface area contributed by atoms with Crippen molar-refractivity contribution in [2.75, 3.05) is 24.7 Å². The van der Waals surface area contributed by atoms with Crippen molar-refractivity contribution in [1.82, 2.24) is 0 Å². The highest BCUT2D eigenvalue weighted by molar-refractivity contribution is 7.17. The molecule has 0 aliphatic rings. The summed E-state index contributed by atoms with van der Waals surface area (Å²) in [5.74, 6) is 0. The van der Waals surface area contributed by atoms with Crippen molar-refractivity contribution in [2.24, 2.45) is 0 Å². The second kappa shape index (κ2) is 2.92. The van der Waals surface area contributed by atoms with E-state index in [1.165, 1.54) is 10.4 Å². The van der Waals surface area contributed by atoms with Crippen molar-refractivity contribution in [2.45, 2.75) is 0 Å². The van der Waals surface area contributed by atoms with Crippen LogP contribution in [0.1, 0.15) is 0 Å². The monoisotopic (exact) mass is 192 g/mol. The highest BCUT2D eigenvalue weighted by atomic mass is 32.1. The predicted molar refractivity (Wildman–Crippen MR) is 60.6 cm³/mol. The molecule has 1 aromatic heterocycles. The van der Waals surface area contributed by atoms with Crippen LogP contribution in [0.2, 0.25) is 0 Å². The van der Waals surface area contributed by atoms with Crippen molar-refractivity contribution < 1.29 is 0 Å². The molecular weight excluding hydrogens is 180 g/mol. The molecule has 0 radical (unpaired) electrons. The van der Waals surface area contributed by atoms with Gasteiger partial charge in [-0.2, -0.15) is 0 Å². The molecule has 0 atom stereocenters. The molecule has 0 aliphatic heterocycles. The Balaban J connectivity index is 2.63. The number of nitrogen functional groups attached to an aromatic ring is 1. The van der Waals surface area contributed by atoms with E-state index in [0.29, 0.717) is 0 Å². The summed E-state index contributed by atoms with van der Waals surface area (Å²) in [4.78, 5) is 2.09. The molecule has 13 heavy (non-hydrogen) atoms. The highest BCUT2D eigenvalue weighted by Crippen LogP contribution is 2.30. The van der Waals surface area contributed by atoms with E-state index in [9.17, 15) is 0 Å². The predicted octanol–water partition coefficient (Wildman–Crippen LogP) is 2.55. The topological polar surface area (TPSA) is 29.3 Å². The maximum atomic E-state index is 5.80. The summed E-state index contributed by atoms with van der Waals surface area (Å²) < 4.78 is 1.25. The zero-order valence-corrected chi connectivity index (χ0v) is 8.56. The average Bonchev–Trinajstić information content (AvgIpc) is 2.47. The van der Waals surface area contributed by atoms with E-state index in [4.69, 9.17) is 5.73 Å². The molecule has 0 saturated carbocycles. The van der Waals surface area contributed by atoms with E-state index in [1.54, 1.807) is 11.3 Å². The van der Waals surface area contributed by atoms with Gasteiger partial charge < -0.3 is 10.6 Å². The molecule has 2 N–H and O–H groups in total. The van der Waals surface area contributed by atoms with Crippen LogP contribution in [-0.2, 0) is 0 Å². The van der Waals surface area contributed by atoms with Crippen LogP contribution in [0.15, 0.2) is 23.6 Å². The lowest BCUT2D eigenvalue weighted by Gasteiger charge is -2.11. The minimum atomic E-state index is 0.880. The van der Waals surface area contributed by atoms with Crippen molar-refractivity contribution in [3.05, 3.63) is 23.6 Å². The molecule has 1 heterocycles. The molecule has 0 fully saturated rings. The molecule has 0 unspecified atom stereocenters. The summed E-state index contributed by atoms with van der Waals surface area (Å²) in [6, 6.07) is 6.33. The summed E-state index contributed by atoms with van der Waals surface area (Å²) in [6.07, 6.45) is 0. The van der Waals surface area contributed by atoms with Crippen LogP contribution in [0.3, 0.4) is 0 Å². The maximum Gasteiger partial charge on any atom is 0.0502 e. The lowest BCUT2D eigenvalue weighted by Crippen LogP contribution is -2.07. The van der Waals surface area contributed by atoms with E-state index < -0.39 is 0 Å². The number of thiophene rings is 1. The summed E-state index contributed by atoms with van der Waals surface area (Å²) in [7, 11) is 4.08. The van der Waals surface area contributed by atoms with E-state index in [-0.39, 0.29) is 0 Å². The van der Waals surface area contributed by atoms with E-state index in [0.717, 1.165) is 11.1 Å². The Morgan fingerprint density at radius 1 is 1.31 bits per heavy atom. The summed E-state index contributed by atoms with van der Waals surface area (Å²) in [5.41, 5.74) is 7.90. The second-order valence-corrected chi connectivity index (χ2v) is 4.18. The van der Waals surface area contributed by atoms with E-state index >= 15 is 0 Å². The largest absolute Gasteiger partial charge is 0.398 e. The van der Waals surface area contributed by atoms with Crippen molar-refractivity contribution in [3.63, 3.8) is 0 Å². The number of fused-ring (bicyclic) bond motifs is 1. The lowest BCUT2D eigenvalue weighted by molar-refractivity contribution is 1.14. The Kier molecular flexibility index (Phi) is 1.88. The third kappa shape index (κ3) is 1.35. The molecule has 1 aromatic carbocycles. The van der Waals surface area contributed by atoms with Crippen molar-refractivity contribution in [3.8, 4) is 0 Å². The van der Waals surface area contributed by atoms with Crippen molar-refractivity contribution in [1.29, 1.82) is 0 Å². The Labute approximate surface area is 81.6 Å². The number of nitrogens with two attached hydrogens (primary N) is 1. The first-order valence-electron chi connectivity index (χ1n) is 4.12. The average molecular weight is 192 g/mol. The van der Waals surface area contributed by atoms with Gasteiger partial charge in [0, 0.05) is 35.2 Å². The van der Waals surface area contributed by atoms with Crippen molar-refractivity contribution >= 4 is 32.8 Å². The first-order valence-corrected chi connectivity index (χ1v) is 5.00. The number of rotatable bonds is 1. The van der Waals surface area contributed by atoms with E-state index in [2.05, 4.69) is 23.1 Å². The smallest absolute Gasteiger partial charge is 0.0502 e. The number of benzene rings is 1. The van der Waals surface area contributed by atoms with Gasteiger partial charge in [0.25, 0.3) is 0 Å². The molecule has 68 valence electrons. The zero-order chi connectivity index (χ0) is 9.42. The van der Waals surface area contributed by atoms with Gasteiger partial charge >= 0.3 is 0 Å². The minimum absolute atomic E-state index is 0.880. The van der Waals surface area contributed by atoms with Gasteiger partial charge in [-0.15, -0.1) is 11.3 Å². The van der Waals surface area contributed by atoms with E-state index in [1.807, 2.05) is 19.5 Å². The Hall–Kier alpha value is -1.22. The number of anilines is 2. The second-order valence-electron chi connectivity index (χ2n) is 3.27. The van der Waals surface area contributed by atoms with Gasteiger partial charge in [0.1, 0.15) is 0 Å². The molecule has 0 aliphatic carbocycles. The quantitative estimate of drug-likeness (QED) is 0.752. The number of hydrogen-bond donors (Lipinski definition) is 1. The molecule has 0 amide bonds. The van der Waals surface area contributed by atoms with Gasteiger partial charge in [0.15, 0.2) is 0 Å². The molecule has 2 nitrogen and oxygen atoms in total. The first-order chi connectivity index (χ1) is 6.18. The summed E-state index contributed by atoms with van der Waals surface area (Å²) in [6.45, 7) is 0. The van der Waals surface area contributed by atoms with Crippen LogP contribution in [-0.4, -0.2) is 14.1 Å². The fourth-order valence-electron chi connectivity index (χ4n) is 1.32. The van der Waals surface area contributed by atoms with Gasteiger partial charge in [0.05, 0.1) is 5.69 Å². The molecule has 3 heteroatoms. The maximum absolute atomic E-state index is 5.80. The van der Waals surface area contributed by atoms with Crippen LogP contribution in [0.4, 0.5) is 11.4 Å². The molecule has 0 bridgehead atoms. The molecule has 2 aromatic rings. The normalized spacial score (nSPS) is 10.6. The molecular formula is C10H12N2S. The summed E-state index contributed by atoms with van der Waals surface area (Å²) in [5, 5.41) is 3.15. The van der Waals surface area contributed by atoms with Gasteiger partial charge in [-0.25, -0.2) is 0 Å². The first kappa shape index (κ1) is 8.38. The fourth-order valence-corrected chi connectivity index (χ4v) is 2.20. The standard InChI is InChI=1S/C10H12N2S/c1-12(2)7-3-4-8-9(11)6-13-10(8)5-7/h3-6H,11H2,1-2H3. The van der Waals surface area contributed by atoms with Crippen LogP contribution < -0.4 is 10.6 Å². The molecule has 2 rings (SSSR count). The van der Waals surface area contributed by atoms with Crippen LogP contribution in [0, 0.1) is 0 Å².